The molecule has 1 fully saturated rings. The van der Waals surface area contributed by atoms with Crippen LogP contribution in [0.15, 0.2) is 18.2 Å². The highest BCUT2D eigenvalue weighted by Crippen LogP contribution is 2.38. The van der Waals surface area contributed by atoms with Gasteiger partial charge >= 0.3 is 0 Å². The average Bonchev–Trinajstić information content (AvgIpc) is 2.73. The molecule has 106 valence electrons. The van der Waals surface area contributed by atoms with Gasteiger partial charge in [-0.15, -0.1) is 0 Å². The molecular weight excluding hydrogens is 241 g/mol. The Morgan fingerprint density at radius 3 is 2.89 bits per heavy atom. The van der Waals surface area contributed by atoms with E-state index in [1.165, 1.54) is 6.07 Å². The van der Waals surface area contributed by atoms with Crippen LogP contribution in [0.25, 0.3) is 0 Å². The SMILES string of the molecule is CCNCC1(Cc2cc(F)ccc2C)CCOC1C. The van der Waals surface area contributed by atoms with Crippen LogP contribution in [-0.2, 0) is 11.2 Å². The average molecular weight is 265 g/mol. The Labute approximate surface area is 115 Å². The highest BCUT2D eigenvalue weighted by molar-refractivity contribution is 5.28. The summed E-state index contributed by atoms with van der Waals surface area (Å²) in [4.78, 5) is 0. The minimum atomic E-state index is -0.147. The minimum absolute atomic E-state index is 0.0918. The van der Waals surface area contributed by atoms with Gasteiger partial charge in [0.2, 0.25) is 0 Å². The largest absolute Gasteiger partial charge is 0.378 e. The number of ether oxygens (including phenoxy) is 1. The number of aryl methyl sites for hydroxylation is 1. The molecule has 1 heterocycles. The molecule has 0 bridgehead atoms. The van der Waals surface area contributed by atoms with Crippen molar-refractivity contribution in [2.45, 2.75) is 39.7 Å². The molecule has 1 aliphatic heterocycles. The van der Waals surface area contributed by atoms with E-state index in [4.69, 9.17) is 4.74 Å². The van der Waals surface area contributed by atoms with Gasteiger partial charge in [0, 0.05) is 18.6 Å². The number of benzene rings is 1. The summed E-state index contributed by atoms with van der Waals surface area (Å²) in [5, 5.41) is 3.44. The Morgan fingerprint density at radius 2 is 2.26 bits per heavy atom. The maximum Gasteiger partial charge on any atom is 0.123 e. The zero-order valence-electron chi connectivity index (χ0n) is 12.1. The number of halogens is 1. The molecule has 0 spiro atoms. The maximum absolute atomic E-state index is 13.4. The van der Waals surface area contributed by atoms with E-state index in [0.717, 1.165) is 43.7 Å². The van der Waals surface area contributed by atoms with Crippen LogP contribution in [0.2, 0.25) is 0 Å². The van der Waals surface area contributed by atoms with Crippen LogP contribution >= 0.6 is 0 Å². The highest BCUT2D eigenvalue weighted by atomic mass is 19.1. The summed E-state index contributed by atoms with van der Waals surface area (Å²) in [5.41, 5.74) is 2.36. The first-order chi connectivity index (χ1) is 9.07. The van der Waals surface area contributed by atoms with E-state index in [2.05, 4.69) is 26.1 Å². The van der Waals surface area contributed by atoms with Gasteiger partial charge in [-0.1, -0.05) is 13.0 Å². The monoisotopic (exact) mass is 265 g/mol. The molecule has 2 rings (SSSR count). The first-order valence-corrected chi connectivity index (χ1v) is 7.15. The summed E-state index contributed by atoms with van der Waals surface area (Å²) in [5.74, 6) is -0.147. The summed E-state index contributed by atoms with van der Waals surface area (Å²) < 4.78 is 19.2. The summed E-state index contributed by atoms with van der Waals surface area (Å²) in [6.07, 6.45) is 2.14. The van der Waals surface area contributed by atoms with Crippen LogP contribution in [0.1, 0.15) is 31.4 Å². The van der Waals surface area contributed by atoms with Crippen LogP contribution in [0.3, 0.4) is 0 Å². The molecule has 0 radical (unpaired) electrons. The lowest BCUT2D eigenvalue weighted by Crippen LogP contribution is -2.41. The molecule has 1 aromatic carbocycles. The van der Waals surface area contributed by atoms with E-state index in [1.54, 1.807) is 6.07 Å². The van der Waals surface area contributed by atoms with Gasteiger partial charge in [-0.05, 0) is 56.5 Å². The van der Waals surface area contributed by atoms with Crippen LogP contribution in [-0.4, -0.2) is 25.8 Å². The van der Waals surface area contributed by atoms with Gasteiger partial charge in [0.05, 0.1) is 6.10 Å². The van der Waals surface area contributed by atoms with E-state index >= 15 is 0 Å². The number of nitrogens with one attached hydrogen (secondary N) is 1. The lowest BCUT2D eigenvalue weighted by Gasteiger charge is -2.33. The molecule has 19 heavy (non-hydrogen) atoms. The topological polar surface area (TPSA) is 21.3 Å². The van der Waals surface area contributed by atoms with E-state index < -0.39 is 0 Å². The van der Waals surface area contributed by atoms with E-state index in [0.29, 0.717) is 0 Å². The Hall–Kier alpha value is -0.930. The summed E-state index contributed by atoms with van der Waals surface area (Å²) in [6, 6.07) is 5.07. The molecule has 0 aromatic heterocycles. The van der Waals surface area contributed by atoms with Crippen molar-refractivity contribution in [3.05, 3.63) is 35.1 Å². The fraction of sp³-hybridized carbons (Fsp3) is 0.625. The molecule has 2 nitrogen and oxygen atoms in total. The van der Waals surface area contributed by atoms with Gasteiger partial charge in [0.1, 0.15) is 5.82 Å². The van der Waals surface area contributed by atoms with Crippen molar-refractivity contribution in [2.24, 2.45) is 5.41 Å². The molecule has 0 amide bonds. The Kier molecular flexibility index (Phi) is 4.58. The van der Waals surface area contributed by atoms with Gasteiger partial charge in [0.25, 0.3) is 0 Å². The second kappa shape index (κ2) is 6.02. The van der Waals surface area contributed by atoms with Crippen LogP contribution in [0.5, 0.6) is 0 Å². The second-order valence-corrected chi connectivity index (χ2v) is 5.65. The van der Waals surface area contributed by atoms with Crippen molar-refractivity contribution < 1.29 is 9.13 Å². The third-order valence-corrected chi connectivity index (χ3v) is 4.41. The van der Waals surface area contributed by atoms with Crippen LogP contribution in [0, 0.1) is 18.2 Å². The normalized spacial score (nSPS) is 26.8. The predicted molar refractivity (Wildman–Crippen MR) is 75.8 cm³/mol. The van der Waals surface area contributed by atoms with Crippen molar-refractivity contribution in [1.29, 1.82) is 0 Å². The van der Waals surface area contributed by atoms with E-state index in [1.807, 2.05) is 6.07 Å². The van der Waals surface area contributed by atoms with Crippen LogP contribution < -0.4 is 5.32 Å². The standard InChI is InChI=1S/C16H24FNO/c1-4-18-11-16(7-8-19-13(16)3)10-14-9-15(17)6-5-12(14)2/h5-6,9,13,18H,4,7-8,10-11H2,1-3H3. The first kappa shape index (κ1) is 14.5. The molecular formula is C16H24FNO. The molecule has 0 aliphatic carbocycles. The van der Waals surface area contributed by atoms with E-state index in [9.17, 15) is 4.39 Å². The zero-order valence-corrected chi connectivity index (χ0v) is 12.1. The van der Waals surface area contributed by atoms with Crippen molar-refractivity contribution in [3.8, 4) is 0 Å². The minimum Gasteiger partial charge on any atom is -0.378 e. The molecule has 3 heteroatoms. The molecule has 0 saturated carbocycles. The molecule has 1 N–H and O–H groups in total. The molecule has 2 unspecified atom stereocenters. The highest BCUT2D eigenvalue weighted by Gasteiger charge is 2.41. The second-order valence-electron chi connectivity index (χ2n) is 5.65. The molecule has 2 atom stereocenters. The third kappa shape index (κ3) is 3.15. The van der Waals surface area contributed by atoms with Gasteiger partial charge in [0.15, 0.2) is 0 Å². The molecule has 1 aromatic rings. The first-order valence-electron chi connectivity index (χ1n) is 7.15. The fourth-order valence-electron chi connectivity index (χ4n) is 2.93. The summed E-state index contributed by atoms with van der Waals surface area (Å²) >= 11 is 0. The van der Waals surface area contributed by atoms with E-state index in [-0.39, 0.29) is 17.3 Å². The lowest BCUT2D eigenvalue weighted by atomic mass is 9.75. The predicted octanol–water partition coefficient (Wildman–Crippen LogP) is 3.08. The lowest BCUT2D eigenvalue weighted by molar-refractivity contribution is 0.0632. The number of hydrogen-bond acceptors (Lipinski definition) is 2. The van der Waals surface area contributed by atoms with Crippen molar-refractivity contribution >= 4 is 0 Å². The van der Waals surface area contributed by atoms with Crippen LogP contribution in [0.4, 0.5) is 4.39 Å². The summed E-state index contributed by atoms with van der Waals surface area (Å²) in [7, 11) is 0. The van der Waals surface area contributed by atoms with Crippen molar-refractivity contribution in [3.63, 3.8) is 0 Å². The zero-order chi connectivity index (χ0) is 13.9. The number of rotatable bonds is 5. The summed E-state index contributed by atoms with van der Waals surface area (Å²) in [6.45, 7) is 8.99. The third-order valence-electron chi connectivity index (χ3n) is 4.41. The van der Waals surface area contributed by atoms with Gasteiger partial charge < -0.3 is 10.1 Å². The maximum atomic E-state index is 13.4. The Morgan fingerprint density at radius 1 is 1.47 bits per heavy atom. The fourth-order valence-corrected chi connectivity index (χ4v) is 2.93. The Bertz CT molecular complexity index is 435. The van der Waals surface area contributed by atoms with Gasteiger partial charge in [-0.2, -0.15) is 0 Å². The smallest absolute Gasteiger partial charge is 0.123 e. The van der Waals surface area contributed by atoms with Gasteiger partial charge in [-0.25, -0.2) is 4.39 Å². The van der Waals surface area contributed by atoms with Crippen molar-refractivity contribution in [2.75, 3.05) is 19.7 Å². The number of hydrogen-bond donors (Lipinski definition) is 1. The molecule has 1 saturated heterocycles. The van der Waals surface area contributed by atoms with Crippen molar-refractivity contribution in [1.82, 2.24) is 5.32 Å². The Balaban J connectivity index is 2.22. The quantitative estimate of drug-likeness (QED) is 0.883. The molecule has 1 aliphatic rings. The van der Waals surface area contributed by atoms with Gasteiger partial charge in [-0.3, -0.25) is 0 Å².